The third-order valence-electron chi connectivity index (χ3n) is 4.76. The summed E-state index contributed by atoms with van der Waals surface area (Å²) in [6.07, 6.45) is 5.01. The van der Waals surface area contributed by atoms with E-state index in [1.165, 1.54) is 11.1 Å². The molecule has 0 amide bonds. The summed E-state index contributed by atoms with van der Waals surface area (Å²) >= 11 is 0. The second kappa shape index (κ2) is 10.0. The predicted octanol–water partition coefficient (Wildman–Crippen LogP) is 5.24. The molecule has 0 heterocycles. The highest BCUT2D eigenvalue weighted by Gasteiger charge is 2.05. The number of methoxy groups -OCH3 is 2. The van der Waals surface area contributed by atoms with Crippen molar-refractivity contribution in [1.29, 1.82) is 0 Å². The van der Waals surface area contributed by atoms with Crippen LogP contribution < -0.4 is 9.47 Å². The Labute approximate surface area is 157 Å². The van der Waals surface area contributed by atoms with Crippen LogP contribution in [0.5, 0.6) is 11.5 Å². The SMILES string of the molecule is COc1ccc(CCCC(=O)CCCc2ccc(OC)c(C)c2)cc1C. The van der Waals surface area contributed by atoms with E-state index in [0.717, 1.165) is 48.3 Å². The lowest BCUT2D eigenvalue weighted by atomic mass is 10.0. The van der Waals surface area contributed by atoms with Gasteiger partial charge in [-0.05, 0) is 73.9 Å². The second-order valence-electron chi connectivity index (χ2n) is 6.85. The van der Waals surface area contributed by atoms with E-state index in [-0.39, 0.29) is 0 Å². The van der Waals surface area contributed by atoms with Crippen molar-refractivity contribution in [3.05, 3.63) is 58.7 Å². The molecule has 26 heavy (non-hydrogen) atoms. The standard InChI is InChI=1S/C23H30O3/c1-17-15-19(11-13-22(17)25-3)7-5-9-21(24)10-6-8-20-12-14-23(26-4)18(2)16-20/h11-16H,5-10H2,1-4H3. The average Bonchev–Trinajstić information content (AvgIpc) is 2.62. The van der Waals surface area contributed by atoms with Gasteiger partial charge in [0, 0.05) is 12.8 Å². The zero-order chi connectivity index (χ0) is 18.9. The quantitative estimate of drug-likeness (QED) is 0.586. The Morgan fingerprint density at radius 1 is 0.769 bits per heavy atom. The first-order valence-corrected chi connectivity index (χ1v) is 9.32. The Morgan fingerprint density at radius 2 is 1.19 bits per heavy atom. The van der Waals surface area contributed by atoms with Gasteiger partial charge in [0.15, 0.2) is 0 Å². The van der Waals surface area contributed by atoms with Crippen molar-refractivity contribution in [2.24, 2.45) is 0 Å². The molecule has 0 spiro atoms. The first kappa shape index (κ1) is 20.0. The number of carbonyl (C=O) groups excluding carboxylic acids is 1. The molecule has 0 atom stereocenters. The highest BCUT2D eigenvalue weighted by Crippen LogP contribution is 2.21. The number of ketones is 1. The van der Waals surface area contributed by atoms with E-state index in [0.29, 0.717) is 18.6 Å². The Hall–Kier alpha value is -2.29. The van der Waals surface area contributed by atoms with E-state index in [1.807, 2.05) is 26.0 Å². The third-order valence-corrected chi connectivity index (χ3v) is 4.76. The number of aryl methyl sites for hydroxylation is 4. The smallest absolute Gasteiger partial charge is 0.132 e. The van der Waals surface area contributed by atoms with Crippen LogP contribution in [0.4, 0.5) is 0 Å². The molecule has 0 bridgehead atoms. The molecule has 0 radical (unpaired) electrons. The molecule has 0 unspecified atom stereocenters. The van der Waals surface area contributed by atoms with Gasteiger partial charge in [-0.15, -0.1) is 0 Å². The number of ether oxygens (including phenoxy) is 2. The van der Waals surface area contributed by atoms with Crippen LogP contribution in [0.15, 0.2) is 36.4 Å². The fourth-order valence-electron chi connectivity index (χ4n) is 3.30. The van der Waals surface area contributed by atoms with Gasteiger partial charge in [-0.25, -0.2) is 0 Å². The minimum atomic E-state index is 0.362. The number of carbonyl (C=O) groups is 1. The van der Waals surface area contributed by atoms with Gasteiger partial charge in [-0.1, -0.05) is 24.3 Å². The van der Waals surface area contributed by atoms with Gasteiger partial charge in [-0.2, -0.15) is 0 Å². The molecule has 2 aromatic carbocycles. The van der Waals surface area contributed by atoms with E-state index >= 15 is 0 Å². The van der Waals surface area contributed by atoms with Gasteiger partial charge in [0.25, 0.3) is 0 Å². The van der Waals surface area contributed by atoms with Gasteiger partial charge in [0.1, 0.15) is 17.3 Å². The fraction of sp³-hybridized carbons (Fsp3) is 0.435. The van der Waals surface area contributed by atoms with Crippen molar-refractivity contribution in [3.8, 4) is 11.5 Å². The molecule has 3 nitrogen and oxygen atoms in total. The summed E-state index contributed by atoms with van der Waals surface area (Å²) in [5, 5.41) is 0. The summed E-state index contributed by atoms with van der Waals surface area (Å²) in [5.41, 5.74) is 4.83. The summed E-state index contributed by atoms with van der Waals surface area (Å²) in [5.74, 6) is 2.19. The molecule has 0 aliphatic rings. The lowest BCUT2D eigenvalue weighted by Crippen LogP contribution is -2.00. The monoisotopic (exact) mass is 354 g/mol. The van der Waals surface area contributed by atoms with Crippen molar-refractivity contribution in [2.75, 3.05) is 14.2 Å². The molecule has 3 heteroatoms. The van der Waals surface area contributed by atoms with Crippen molar-refractivity contribution in [1.82, 2.24) is 0 Å². The molecule has 0 aromatic heterocycles. The molecular weight excluding hydrogens is 324 g/mol. The molecular formula is C23H30O3. The first-order chi connectivity index (χ1) is 12.5. The zero-order valence-electron chi connectivity index (χ0n) is 16.4. The summed E-state index contributed by atoms with van der Waals surface area (Å²) in [6, 6.07) is 12.5. The lowest BCUT2D eigenvalue weighted by molar-refractivity contribution is -0.119. The molecule has 0 aliphatic carbocycles. The summed E-state index contributed by atoms with van der Waals surface area (Å²) in [7, 11) is 3.38. The van der Waals surface area contributed by atoms with Gasteiger partial charge in [0.05, 0.1) is 14.2 Å². The fourth-order valence-corrected chi connectivity index (χ4v) is 3.30. The number of rotatable bonds is 10. The van der Waals surface area contributed by atoms with Crippen LogP contribution in [-0.2, 0) is 17.6 Å². The topological polar surface area (TPSA) is 35.5 Å². The van der Waals surface area contributed by atoms with Crippen molar-refractivity contribution >= 4 is 5.78 Å². The molecule has 140 valence electrons. The van der Waals surface area contributed by atoms with Crippen LogP contribution in [0, 0.1) is 13.8 Å². The number of Topliss-reactive ketones (excluding diaryl/α,β-unsaturated/α-hetero) is 1. The minimum Gasteiger partial charge on any atom is -0.496 e. The van der Waals surface area contributed by atoms with Crippen LogP contribution in [0.1, 0.15) is 47.9 Å². The Balaban J connectivity index is 1.69. The maximum Gasteiger partial charge on any atom is 0.132 e. The third kappa shape index (κ3) is 5.91. The van der Waals surface area contributed by atoms with E-state index in [2.05, 4.69) is 24.3 Å². The summed E-state index contributed by atoms with van der Waals surface area (Å²) < 4.78 is 10.6. The van der Waals surface area contributed by atoms with Gasteiger partial charge in [0.2, 0.25) is 0 Å². The zero-order valence-corrected chi connectivity index (χ0v) is 16.4. The van der Waals surface area contributed by atoms with E-state index in [4.69, 9.17) is 9.47 Å². The number of hydrogen-bond donors (Lipinski definition) is 0. The highest BCUT2D eigenvalue weighted by atomic mass is 16.5. The van der Waals surface area contributed by atoms with Gasteiger partial charge < -0.3 is 9.47 Å². The van der Waals surface area contributed by atoms with Crippen molar-refractivity contribution in [2.45, 2.75) is 52.4 Å². The van der Waals surface area contributed by atoms with Crippen LogP contribution in [-0.4, -0.2) is 20.0 Å². The van der Waals surface area contributed by atoms with E-state index < -0.39 is 0 Å². The summed E-state index contributed by atoms with van der Waals surface area (Å²) in [6.45, 7) is 4.10. The molecule has 2 aromatic rings. The van der Waals surface area contributed by atoms with Crippen LogP contribution in [0.25, 0.3) is 0 Å². The Morgan fingerprint density at radius 3 is 1.54 bits per heavy atom. The summed E-state index contributed by atoms with van der Waals surface area (Å²) in [4.78, 5) is 12.1. The Bertz CT molecular complexity index is 673. The number of hydrogen-bond acceptors (Lipinski definition) is 3. The molecule has 0 aliphatic heterocycles. The van der Waals surface area contributed by atoms with Gasteiger partial charge in [-0.3, -0.25) is 4.79 Å². The maximum absolute atomic E-state index is 12.1. The lowest BCUT2D eigenvalue weighted by Gasteiger charge is -2.08. The number of benzene rings is 2. The largest absolute Gasteiger partial charge is 0.496 e. The van der Waals surface area contributed by atoms with Crippen LogP contribution >= 0.6 is 0 Å². The van der Waals surface area contributed by atoms with Gasteiger partial charge >= 0.3 is 0 Å². The first-order valence-electron chi connectivity index (χ1n) is 9.32. The maximum atomic E-state index is 12.1. The highest BCUT2D eigenvalue weighted by molar-refractivity contribution is 5.78. The van der Waals surface area contributed by atoms with E-state index in [1.54, 1.807) is 14.2 Å². The minimum absolute atomic E-state index is 0.362. The molecule has 2 rings (SSSR count). The molecule has 0 N–H and O–H groups in total. The molecule has 0 saturated carbocycles. The molecule has 0 saturated heterocycles. The normalized spacial score (nSPS) is 10.6. The van der Waals surface area contributed by atoms with Crippen molar-refractivity contribution < 1.29 is 14.3 Å². The second-order valence-corrected chi connectivity index (χ2v) is 6.85. The van der Waals surface area contributed by atoms with Crippen LogP contribution in [0.3, 0.4) is 0 Å². The Kier molecular flexibility index (Phi) is 7.71. The van der Waals surface area contributed by atoms with Crippen molar-refractivity contribution in [3.63, 3.8) is 0 Å². The molecule has 0 fully saturated rings. The van der Waals surface area contributed by atoms with Crippen LogP contribution in [0.2, 0.25) is 0 Å². The average molecular weight is 354 g/mol. The predicted molar refractivity (Wildman–Crippen MR) is 106 cm³/mol. The van der Waals surface area contributed by atoms with E-state index in [9.17, 15) is 4.79 Å².